The SMILES string of the molecule is CCCS(=O)(=O)N1C[C@@H]2CCCN[C@@H]2C1. The van der Waals surface area contributed by atoms with Gasteiger partial charge < -0.3 is 5.32 Å². The van der Waals surface area contributed by atoms with Gasteiger partial charge in [0, 0.05) is 19.1 Å². The highest BCUT2D eigenvalue weighted by atomic mass is 32.2. The van der Waals surface area contributed by atoms with E-state index >= 15 is 0 Å². The van der Waals surface area contributed by atoms with Crippen molar-refractivity contribution in [3.8, 4) is 0 Å². The molecule has 2 heterocycles. The molecule has 0 aliphatic carbocycles. The second-order valence-corrected chi connectivity index (χ2v) is 6.68. The van der Waals surface area contributed by atoms with Gasteiger partial charge in [-0.3, -0.25) is 0 Å². The van der Waals surface area contributed by atoms with E-state index in [-0.39, 0.29) is 0 Å². The van der Waals surface area contributed by atoms with Crippen LogP contribution in [0.4, 0.5) is 0 Å². The van der Waals surface area contributed by atoms with Gasteiger partial charge in [0.1, 0.15) is 0 Å². The second kappa shape index (κ2) is 4.39. The van der Waals surface area contributed by atoms with Crippen molar-refractivity contribution in [1.29, 1.82) is 0 Å². The van der Waals surface area contributed by atoms with Crippen molar-refractivity contribution in [3.05, 3.63) is 0 Å². The zero-order valence-electron chi connectivity index (χ0n) is 9.28. The van der Waals surface area contributed by atoms with Gasteiger partial charge in [0.05, 0.1) is 5.75 Å². The van der Waals surface area contributed by atoms with Crippen LogP contribution >= 0.6 is 0 Å². The van der Waals surface area contributed by atoms with Crippen LogP contribution in [0.3, 0.4) is 0 Å². The Morgan fingerprint density at radius 2 is 2.20 bits per heavy atom. The van der Waals surface area contributed by atoms with Crippen molar-refractivity contribution in [1.82, 2.24) is 9.62 Å². The monoisotopic (exact) mass is 232 g/mol. The largest absolute Gasteiger partial charge is 0.312 e. The van der Waals surface area contributed by atoms with Crippen molar-refractivity contribution >= 4 is 10.0 Å². The lowest BCUT2D eigenvalue weighted by atomic mass is 9.94. The number of fused-ring (bicyclic) bond motifs is 1. The van der Waals surface area contributed by atoms with E-state index in [2.05, 4.69) is 5.32 Å². The standard InChI is InChI=1S/C10H20N2O2S/c1-2-6-15(13,14)12-7-9-4-3-5-11-10(9)8-12/h9-11H,2-8H2,1H3/t9-,10+/m0/s1. The fraction of sp³-hybridized carbons (Fsp3) is 1.00. The van der Waals surface area contributed by atoms with Crippen LogP contribution < -0.4 is 5.32 Å². The number of hydrogen-bond donors (Lipinski definition) is 1. The van der Waals surface area contributed by atoms with Gasteiger partial charge in [-0.05, 0) is 31.7 Å². The van der Waals surface area contributed by atoms with Gasteiger partial charge in [-0.1, -0.05) is 6.92 Å². The summed E-state index contributed by atoms with van der Waals surface area (Å²) >= 11 is 0. The first-order valence-electron chi connectivity index (χ1n) is 5.84. The lowest BCUT2D eigenvalue weighted by Crippen LogP contribution is -2.41. The summed E-state index contributed by atoms with van der Waals surface area (Å²) in [5.74, 6) is 0.845. The molecule has 15 heavy (non-hydrogen) atoms. The van der Waals surface area contributed by atoms with Gasteiger partial charge in [-0.2, -0.15) is 0 Å². The van der Waals surface area contributed by atoms with E-state index in [1.165, 1.54) is 12.8 Å². The molecule has 0 amide bonds. The summed E-state index contributed by atoms with van der Waals surface area (Å²) in [6, 6.07) is 0.408. The molecule has 2 aliphatic rings. The Labute approximate surface area is 92.1 Å². The predicted octanol–water partition coefficient (Wildman–Crippen LogP) is 0.410. The zero-order valence-corrected chi connectivity index (χ0v) is 10.1. The Morgan fingerprint density at radius 1 is 1.40 bits per heavy atom. The molecule has 0 bridgehead atoms. The van der Waals surface area contributed by atoms with Crippen molar-refractivity contribution in [2.75, 3.05) is 25.4 Å². The molecule has 2 saturated heterocycles. The van der Waals surface area contributed by atoms with E-state index in [4.69, 9.17) is 0 Å². The second-order valence-electron chi connectivity index (χ2n) is 4.60. The predicted molar refractivity (Wildman–Crippen MR) is 60.2 cm³/mol. The first kappa shape index (κ1) is 11.4. The Bertz CT molecular complexity index is 301. The highest BCUT2D eigenvalue weighted by molar-refractivity contribution is 7.89. The Hall–Kier alpha value is -0.130. The summed E-state index contributed by atoms with van der Waals surface area (Å²) in [7, 11) is -2.97. The maximum absolute atomic E-state index is 11.9. The summed E-state index contributed by atoms with van der Waals surface area (Å²) in [5.41, 5.74) is 0. The molecule has 2 fully saturated rings. The topological polar surface area (TPSA) is 49.4 Å². The van der Waals surface area contributed by atoms with E-state index in [1.54, 1.807) is 4.31 Å². The summed E-state index contributed by atoms with van der Waals surface area (Å²) in [6.45, 7) is 4.38. The average molecular weight is 232 g/mol. The van der Waals surface area contributed by atoms with Gasteiger partial charge in [0.25, 0.3) is 0 Å². The van der Waals surface area contributed by atoms with Crippen LogP contribution in [-0.2, 0) is 10.0 Å². The molecule has 0 saturated carbocycles. The van der Waals surface area contributed by atoms with E-state index in [1.807, 2.05) is 6.92 Å². The van der Waals surface area contributed by atoms with Crippen molar-refractivity contribution in [2.24, 2.45) is 5.92 Å². The molecule has 0 radical (unpaired) electrons. The Kier molecular flexibility index (Phi) is 3.33. The molecule has 2 rings (SSSR count). The van der Waals surface area contributed by atoms with Crippen LogP contribution in [0.2, 0.25) is 0 Å². The molecule has 5 heteroatoms. The number of nitrogens with one attached hydrogen (secondary N) is 1. The number of nitrogens with zero attached hydrogens (tertiary/aromatic N) is 1. The first-order valence-corrected chi connectivity index (χ1v) is 7.45. The van der Waals surface area contributed by atoms with Crippen LogP contribution in [0.1, 0.15) is 26.2 Å². The van der Waals surface area contributed by atoms with E-state index in [0.717, 1.165) is 13.1 Å². The molecule has 2 atom stereocenters. The normalized spacial score (nSPS) is 32.9. The van der Waals surface area contributed by atoms with Crippen LogP contribution in [0.15, 0.2) is 0 Å². The number of piperidine rings is 1. The highest BCUT2D eigenvalue weighted by Gasteiger charge is 2.38. The summed E-state index contributed by atoms with van der Waals surface area (Å²) in [5, 5.41) is 3.42. The van der Waals surface area contributed by atoms with Crippen molar-refractivity contribution in [2.45, 2.75) is 32.2 Å². The summed E-state index contributed by atoms with van der Waals surface area (Å²) < 4.78 is 25.4. The van der Waals surface area contributed by atoms with Gasteiger partial charge in [-0.15, -0.1) is 0 Å². The van der Waals surface area contributed by atoms with Gasteiger partial charge >= 0.3 is 0 Å². The maximum Gasteiger partial charge on any atom is 0.214 e. The third-order valence-corrected chi connectivity index (χ3v) is 5.43. The fourth-order valence-electron chi connectivity index (χ4n) is 2.62. The molecule has 0 spiro atoms. The number of sulfonamides is 1. The van der Waals surface area contributed by atoms with Crippen molar-refractivity contribution in [3.63, 3.8) is 0 Å². The third kappa shape index (κ3) is 2.34. The molecule has 4 nitrogen and oxygen atoms in total. The molecular weight excluding hydrogens is 212 g/mol. The Balaban J connectivity index is 2.02. The van der Waals surface area contributed by atoms with Crippen LogP contribution in [0.25, 0.3) is 0 Å². The summed E-state index contributed by atoms with van der Waals surface area (Å²) in [4.78, 5) is 0. The van der Waals surface area contributed by atoms with Gasteiger partial charge in [0.15, 0.2) is 0 Å². The molecule has 0 aromatic rings. The Morgan fingerprint density at radius 3 is 2.87 bits per heavy atom. The smallest absolute Gasteiger partial charge is 0.214 e. The quantitative estimate of drug-likeness (QED) is 0.767. The van der Waals surface area contributed by atoms with Gasteiger partial charge in [0.2, 0.25) is 10.0 Å². The van der Waals surface area contributed by atoms with Crippen molar-refractivity contribution < 1.29 is 8.42 Å². The highest BCUT2D eigenvalue weighted by Crippen LogP contribution is 2.26. The number of rotatable bonds is 3. The molecule has 88 valence electrons. The maximum atomic E-state index is 11.9. The van der Waals surface area contributed by atoms with E-state index in [9.17, 15) is 8.42 Å². The molecule has 2 aliphatic heterocycles. The molecule has 0 aromatic carbocycles. The average Bonchev–Trinajstić information content (AvgIpc) is 2.61. The molecule has 1 N–H and O–H groups in total. The first-order chi connectivity index (χ1) is 7.13. The summed E-state index contributed by atoms with van der Waals surface area (Å²) in [6.07, 6.45) is 3.07. The fourth-order valence-corrected chi connectivity index (χ4v) is 4.20. The zero-order chi connectivity index (χ0) is 10.9. The van der Waals surface area contributed by atoms with Crippen LogP contribution in [-0.4, -0.2) is 44.2 Å². The number of hydrogen-bond acceptors (Lipinski definition) is 3. The van der Waals surface area contributed by atoms with Gasteiger partial charge in [-0.25, -0.2) is 12.7 Å². The van der Waals surface area contributed by atoms with E-state index < -0.39 is 10.0 Å². The lowest BCUT2D eigenvalue weighted by Gasteiger charge is -2.24. The van der Waals surface area contributed by atoms with Crippen LogP contribution in [0, 0.1) is 5.92 Å². The minimum absolute atomic E-state index is 0.298. The van der Waals surface area contributed by atoms with E-state index in [0.29, 0.717) is 30.7 Å². The minimum Gasteiger partial charge on any atom is -0.312 e. The molecule has 0 aromatic heterocycles. The lowest BCUT2D eigenvalue weighted by molar-refractivity contribution is 0.339. The molecular formula is C10H20N2O2S. The molecule has 0 unspecified atom stereocenters. The minimum atomic E-state index is -2.97. The third-order valence-electron chi connectivity index (χ3n) is 3.42. The van der Waals surface area contributed by atoms with Crippen LogP contribution in [0.5, 0.6) is 0 Å².